The second-order valence-electron chi connectivity index (χ2n) is 3.10. The Bertz CT molecular complexity index is 361. The third-order valence-corrected chi connectivity index (χ3v) is 3.16. The third-order valence-electron chi connectivity index (χ3n) is 1.95. The van der Waals surface area contributed by atoms with Gasteiger partial charge in [0.05, 0.1) is 7.11 Å². The van der Waals surface area contributed by atoms with E-state index in [9.17, 15) is 4.55 Å². The van der Waals surface area contributed by atoms with Gasteiger partial charge in [0.1, 0.15) is 11.5 Å². The Balaban J connectivity index is 2.57. The molecule has 3 heteroatoms. The quantitative estimate of drug-likeness (QED) is 0.561. The number of hydrogen-bond donors (Lipinski definition) is 0. The lowest BCUT2D eigenvalue weighted by molar-refractivity contribution is 0.413. The summed E-state index contributed by atoms with van der Waals surface area (Å²) in [5.41, 5.74) is 0. The summed E-state index contributed by atoms with van der Waals surface area (Å²) >= 11 is -1.06. The summed E-state index contributed by atoms with van der Waals surface area (Å²) in [6.45, 7) is 3.59. The number of allylic oxidation sites excluding steroid dienone is 2. The van der Waals surface area contributed by atoms with Gasteiger partial charge in [0.25, 0.3) is 0 Å². The van der Waals surface area contributed by atoms with Crippen molar-refractivity contribution >= 4 is 11.2 Å². The highest BCUT2D eigenvalue weighted by Gasteiger charge is 2.09. The third kappa shape index (κ3) is 4.13. The molecule has 1 unspecified atom stereocenters. The molecule has 0 aliphatic heterocycles. The van der Waals surface area contributed by atoms with Crippen molar-refractivity contribution in [2.45, 2.75) is 11.3 Å². The van der Waals surface area contributed by atoms with Gasteiger partial charge in [-0.3, -0.25) is 0 Å². The van der Waals surface area contributed by atoms with E-state index in [2.05, 4.69) is 12.7 Å². The van der Waals surface area contributed by atoms with Gasteiger partial charge in [-0.15, -0.1) is 6.58 Å². The molecule has 0 saturated heterocycles. The molecule has 1 aromatic carbocycles. The Kier molecular flexibility index (Phi) is 5.75. The van der Waals surface area contributed by atoms with Crippen molar-refractivity contribution < 1.29 is 9.29 Å². The molecule has 85 valence electrons. The van der Waals surface area contributed by atoms with Crippen LogP contribution in [0.2, 0.25) is 0 Å². The van der Waals surface area contributed by atoms with E-state index >= 15 is 0 Å². The topological polar surface area (TPSA) is 32.3 Å². The van der Waals surface area contributed by atoms with Crippen LogP contribution in [0.25, 0.3) is 0 Å². The summed E-state index contributed by atoms with van der Waals surface area (Å²) in [4.78, 5) is 0.763. The first-order chi connectivity index (χ1) is 7.77. The van der Waals surface area contributed by atoms with Crippen LogP contribution in [0, 0.1) is 6.08 Å². The second kappa shape index (κ2) is 7.14. The first-order valence-electron chi connectivity index (χ1n) is 4.96. The maximum absolute atomic E-state index is 11.8. The van der Waals surface area contributed by atoms with E-state index in [-0.39, 0.29) is 0 Å². The van der Waals surface area contributed by atoms with Gasteiger partial charge in [0.15, 0.2) is 4.90 Å². The predicted molar refractivity (Wildman–Crippen MR) is 66.9 cm³/mol. The maximum atomic E-state index is 11.8. The molecule has 0 N–H and O–H groups in total. The van der Waals surface area contributed by atoms with E-state index in [1.807, 2.05) is 24.3 Å². The first-order valence-corrected chi connectivity index (χ1v) is 6.28. The van der Waals surface area contributed by atoms with Crippen molar-refractivity contribution in [1.29, 1.82) is 0 Å². The second-order valence-corrected chi connectivity index (χ2v) is 4.55. The van der Waals surface area contributed by atoms with Gasteiger partial charge in [0, 0.05) is 12.1 Å². The standard InChI is InChI=1S/C13H15O2S/c1-3-4-5-6-10-16(14)13-9-7-8-12(11-13)15-2/h3,5,7-9,11H,1,4,10H2,2H3. The van der Waals surface area contributed by atoms with E-state index in [1.54, 1.807) is 19.3 Å². The summed E-state index contributed by atoms with van der Waals surface area (Å²) in [5, 5.41) is 0. The molecule has 0 aromatic heterocycles. The van der Waals surface area contributed by atoms with Crippen molar-refractivity contribution in [3.63, 3.8) is 0 Å². The van der Waals surface area contributed by atoms with Crippen LogP contribution in [0.3, 0.4) is 0 Å². The fourth-order valence-electron chi connectivity index (χ4n) is 1.13. The van der Waals surface area contributed by atoms with Crippen LogP contribution in [-0.4, -0.2) is 17.4 Å². The Morgan fingerprint density at radius 1 is 1.56 bits per heavy atom. The lowest BCUT2D eigenvalue weighted by Gasteiger charge is -2.08. The Labute approximate surface area is 99.8 Å². The highest BCUT2D eigenvalue weighted by molar-refractivity contribution is 7.91. The average Bonchev–Trinajstić information content (AvgIpc) is 2.34. The molecular weight excluding hydrogens is 220 g/mol. The van der Waals surface area contributed by atoms with Gasteiger partial charge in [0.2, 0.25) is 0 Å². The van der Waals surface area contributed by atoms with E-state index in [1.165, 1.54) is 0 Å². The highest BCUT2D eigenvalue weighted by atomic mass is 32.2. The zero-order valence-electron chi connectivity index (χ0n) is 9.31. The van der Waals surface area contributed by atoms with E-state index in [0.717, 1.165) is 17.1 Å². The van der Waals surface area contributed by atoms with Crippen molar-refractivity contribution in [1.82, 2.24) is 0 Å². The molecule has 0 saturated carbocycles. The van der Waals surface area contributed by atoms with E-state index in [0.29, 0.717) is 5.75 Å². The lowest BCUT2D eigenvalue weighted by Crippen LogP contribution is -2.05. The number of benzene rings is 1. The van der Waals surface area contributed by atoms with Crippen LogP contribution in [0.15, 0.2) is 47.9 Å². The predicted octanol–water partition coefficient (Wildman–Crippen LogP) is 2.74. The monoisotopic (exact) mass is 235 g/mol. The van der Waals surface area contributed by atoms with Crippen molar-refractivity contribution in [2.75, 3.05) is 12.9 Å². The number of rotatable bonds is 6. The minimum atomic E-state index is -1.06. The van der Waals surface area contributed by atoms with E-state index in [4.69, 9.17) is 4.74 Å². The fraction of sp³-hybridized carbons (Fsp3) is 0.231. The van der Waals surface area contributed by atoms with Gasteiger partial charge in [-0.1, -0.05) is 18.2 Å². The Hall–Kier alpha value is -1.19. The maximum Gasteiger partial charge on any atom is 0.156 e. The summed E-state index contributed by atoms with van der Waals surface area (Å²) in [6.07, 6.45) is 7.36. The molecule has 0 bridgehead atoms. The molecule has 0 heterocycles. The smallest absolute Gasteiger partial charge is 0.156 e. The Morgan fingerprint density at radius 3 is 3.06 bits per heavy atom. The SMILES string of the molecule is C=CC/C=[C]\C[S+]([O-])c1cccc(OC)c1. The van der Waals surface area contributed by atoms with Crippen LogP contribution in [0.1, 0.15) is 6.42 Å². The van der Waals surface area contributed by atoms with Crippen molar-refractivity contribution in [2.24, 2.45) is 0 Å². The van der Waals surface area contributed by atoms with E-state index < -0.39 is 11.2 Å². The van der Waals surface area contributed by atoms with Gasteiger partial charge < -0.3 is 9.29 Å². The molecule has 1 radical (unpaired) electrons. The number of hydrogen-bond acceptors (Lipinski definition) is 2. The van der Waals surface area contributed by atoms with Gasteiger partial charge in [-0.25, -0.2) is 0 Å². The minimum absolute atomic E-state index is 0.404. The molecule has 16 heavy (non-hydrogen) atoms. The van der Waals surface area contributed by atoms with Crippen LogP contribution in [0.5, 0.6) is 5.75 Å². The molecule has 1 rings (SSSR count). The molecule has 0 aliphatic carbocycles. The number of ether oxygens (including phenoxy) is 1. The van der Waals surface area contributed by atoms with Crippen LogP contribution in [0.4, 0.5) is 0 Å². The van der Waals surface area contributed by atoms with Gasteiger partial charge in [-0.2, -0.15) is 0 Å². The van der Waals surface area contributed by atoms with Gasteiger partial charge >= 0.3 is 0 Å². The molecule has 0 aliphatic rings. The van der Waals surface area contributed by atoms with Crippen LogP contribution in [-0.2, 0) is 11.2 Å². The fourth-order valence-corrected chi connectivity index (χ4v) is 2.04. The molecule has 1 aromatic rings. The molecule has 2 nitrogen and oxygen atoms in total. The Morgan fingerprint density at radius 2 is 2.38 bits per heavy atom. The largest absolute Gasteiger partial charge is 0.611 e. The molecule has 0 fully saturated rings. The zero-order chi connectivity index (χ0) is 11.8. The molecule has 1 atom stereocenters. The van der Waals surface area contributed by atoms with Crippen molar-refractivity contribution in [3.05, 3.63) is 49.1 Å². The molecule has 0 spiro atoms. The summed E-state index contributed by atoms with van der Waals surface area (Å²) in [6, 6.07) is 7.27. The molecular formula is C13H15O2S. The number of methoxy groups -OCH3 is 1. The van der Waals surface area contributed by atoms with Crippen molar-refractivity contribution in [3.8, 4) is 5.75 Å². The average molecular weight is 235 g/mol. The normalized spacial score (nSPS) is 12.6. The van der Waals surface area contributed by atoms with Crippen LogP contribution >= 0.6 is 0 Å². The summed E-state index contributed by atoms with van der Waals surface area (Å²) in [5.74, 6) is 1.13. The summed E-state index contributed by atoms with van der Waals surface area (Å²) < 4.78 is 16.9. The van der Waals surface area contributed by atoms with Crippen LogP contribution < -0.4 is 4.74 Å². The van der Waals surface area contributed by atoms with Gasteiger partial charge in [-0.05, 0) is 29.7 Å². The first kappa shape index (κ1) is 12.9. The highest BCUT2D eigenvalue weighted by Crippen LogP contribution is 2.18. The minimum Gasteiger partial charge on any atom is -0.611 e. The molecule has 0 amide bonds. The summed E-state index contributed by atoms with van der Waals surface area (Å²) in [7, 11) is 1.60. The lowest BCUT2D eigenvalue weighted by atomic mass is 10.3. The zero-order valence-corrected chi connectivity index (χ0v) is 10.1.